The number of aromatic amines is 1. The number of nitrogens with one attached hydrogen (secondary N) is 1. The number of likely N-dealkylation sites (tertiary alicyclic amines) is 1. The van der Waals surface area contributed by atoms with Gasteiger partial charge in [-0.05, 0) is 20.8 Å². The van der Waals surface area contributed by atoms with Crippen LogP contribution in [0.2, 0.25) is 0 Å². The molecule has 118 valence electrons. The first-order valence-corrected chi connectivity index (χ1v) is 7.64. The van der Waals surface area contributed by atoms with Crippen molar-refractivity contribution in [2.45, 2.75) is 49.9 Å². The first-order chi connectivity index (χ1) is 9.66. The smallest absolute Gasteiger partial charge is 0.410 e. The van der Waals surface area contributed by atoms with Gasteiger partial charge < -0.3 is 9.72 Å². The highest BCUT2D eigenvalue weighted by molar-refractivity contribution is 7.99. The molecule has 1 saturated heterocycles. The fraction of sp³-hybridized carbons (Fsp3) is 0.692. The molecule has 0 spiro atoms. The second-order valence-electron chi connectivity index (χ2n) is 6.03. The molecule has 1 atom stereocenters. The number of thioether (sulfide) groups is 1. The van der Waals surface area contributed by atoms with Gasteiger partial charge in [-0.25, -0.2) is 18.6 Å². The number of imidazole rings is 1. The zero-order valence-electron chi connectivity index (χ0n) is 12.2. The van der Waals surface area contributed by atoms with Gasteiger partial charge in [-0.15, -0.1) is 0 Å². The Hall–Kier alpha value is -1.31. The Balaban J connectivity index is 2.00. The summed E-state index contributed by atoms with van der Waals surface area (Å²) in [7, 11) is 0. The lowest BCUT2D eigenvalue weighted by Gasteiger charge is -2.27. The van der Waals surface area contributed by atoms with Crippen LogP contribution in [0.3, 0.4) is 0 Å². The first-order valence-electron chi connectivity index (χ1n) is 6.66. The van der Waals surface area contributed by atoms with Gasteiger partial charge in [-0.3, -0.25) is 4.90 Å². The summed E-state index contributed by atoms with van der Waals surface area (Å²) in [6.45, 7) is 4.55. The maximum atomic E-state index is 13.6. The van der Waals surface area contributed by atoms with Crippen molar-refractivity contribution >= 4 is 17.9 Å². The number of nitrogens with zero attached hydrogens (tertiary/aromatic N) is 2. The highest BCUT2D eigenvalue weighted by Gasteiger charge is 2.48. The molecule has 0 saturated carbocycles. The van der Waals surface area contributed by atoms with E-state index in [1.54, 1.807) is 33.2 Å². The molecule has 1 aliphatic rings. The van der Waals surface area contributed by atoms with Crippen LogP contribution < -0.4 is 0 Å². The minimum atomic E-state index is -2.87. The van der Waals surface area contributed by atoms with Crippen LogP contribution in [0, 0.1) is 0 Å². The van der Waals surface area contributed by atoms with Gasteiger partial charge >= 0.3 is 6.09 Å². The number of hydrogen-bond acceptors (Lipinski definition) is 4. The summed E-state index contributed by atoms with van der Waals surface area (Å²) in [6.07, 6.45) is 2.22. The SMILES string of the molecule is CC(C)(C)OC(=O)N1CC(F)(F)C[C@H]1CSc1ncc[nH]1. The van der Waals surface area contributed by atoms with Crippen LogP contribution in [0.25, 0.3) is 0 Å². The normalized spacial score (nSPS) is 21.6. The lowest BCUT2D eigenvalue weighted by molar-refractivity contribution is -0.00228. The standard InChI is InChI=1S/C13H19F2N3O2S/c1-12(2,3)20-11(19)18-8-13(14,15)6-9(18)7-21-10-16-4-5-17-10/h4-5,9H,6-8H2,1-3H3,(H,16,17)/t9-/m0/s1. The van der Waals surface area contributed by atoms with Crippen molar-refractivity contribution < 1.29 is 18.3 Å². The molecular weight excluding hydrogens is 300 g/mol. The van der Waals surface area contributed by atoms with Crippen molar-refractivity contribution in [2.24, 2.45) is 0 Å². The highest BCUT2D eigenvalue weighted by Crippen LogP contribution is 2.35. The monoisotopic (exact) mass is 319 g/mol. The van der Waals surface area contributed by atoms with E-state index in [0.29, 0.717) is 10.9 Å². The van der Waals surface area contributed by atoms with Crippen LogP contribution in [-0.2, 0) is 4.74 Å². The number of amides is 1. The molecule has 2 rings (SSSR count). The average molecular weight is 319 g/mol. The maximum absolute atomic E-state index is 13.6. The Kier molecular flexibility index (Phi) is 4.46. The van der Waals surface area contributed by atoms with E-state index in [0.717, 1.165) is 4.90 Å². The Bertz CT molecular complexity index is 488. The molecule has 1 amide bonds. The van der Waals surface area contributed by atoms with E-state index in [-0.39, 0.29) is 6.42 Å². The molecule has 0 aliphatic carbocycles. The minimum Gasteiger partial charge on any atom is -0.444 e. The van der Waals surface area contributed by atoms with Gasteiger partial charge in [0, 0.05) is 24.6 Å². The van der Waals surface area contributed by atoms with Crippen molar-refractivity contribution in [1.82, 2.24) is 14.9 Å². The molecule has 21 heavy (non-hydrogen) atoms. The second kappa shape index (κ2) is 5.82. The number of H-pyrrole nitrogens is 1. The number of alkyl halides is 2. The summed E-state index contributed by atoms with van der Waals surface area (Å²) in [6, 6.07) is -0.565. The van der Waals surface area contributed by atoms with Crippen LogP contribution in [-0.4, -0.2) is 50.8 Å². The predicted molar refractivity (Wildman–Crippen MR) is 75.6 cm³/mol. The molecule has 2 heterocycles. The van der Waals surface area contributed by atoms with Gasteiger partial charge in [0.05, 0.1) is 12.6 Å². The third kappa shape index (κ3) is 4.59. The predicted octanol–water partition coefficient (Wildman–Crippen LogP) is 3.15. The second-order valence-corrected chi connectivity index (χ2v) is 7.04. The van der Waals surface area contributed by atoms with Gasteiger partial charge in [0.1, 0.15) is 5.60 Å². The fourth-order valence-electron chi connectivity index (χ4n) is 2.09. The van der Waals surface area contributed by atoms with Crippen LogP contribution in [0.15, 0.2) is 17.6 Å². The van der Waals surface area contributed by atoms with Gasteiger partial charge in [0.2, 0.25) is 0 Å². The van der Waals surface area contributed by atoms with E-state index in [9.17, 15) is 13.6 Å². The fourth-order valence-corrected chi connectivity index (χ4v) is 3.02. The van der Waals surface area contributed by atoms with Crippen molar-refractivity contribution in [3.05, 3.63) is 12.4 Å². The van der Waals surface area contributed by atoms with Crippen LogP contribution in [0.1, 0.15) is 27.2 Å². The number of carbonyl (C=O) groups is 1. The van der Waals surface area contributed by atoms with E-state index in [1.165, 1.54) is 11.8 Å². The molecule has 0 aromatic carbocycles. The Morgan fingerprint density at radius 3 is 2.90 bits per heavy atom. The van der Waals surface area contributed by atoms with Crippen LogP contribution in [0.4, 0.5) is 13.6 Å². The van der Waals surface area contributed by atoms with E-state index in [4.69, 9.17) is 4.74 Å². The molecule has 1 aromatic heterocycles. The number of hydrogen-bond donors (Lipinski definition) is 1. The van der Waals surface area contributed by atoms with E-state index < -0.39 is 30.2 Å². The zero-order valence-corrected chi connectivity index (χ0v) is 13.0. The molecule has 0 bridgehead atoms. The highest BCUT2D eigenvalue weighted by atomic mass is 32.2. The van der Waals surface area contributed by atoms with Gasteiger partial charge in [0.15, 0.2) is 5.16 Å². The lowest BCUT2D eigenvalue weighted by Crippen LogP contribution is -2.41. The van der Waals surface area contributed by atoms with Crippen LogP contribution >= 0.6 is 11.8 Å². The minimum absolute atomic E-state index is 0.347. The Morgan fingerprint density at radius 1 is 1.62 bits per heavy atom. The number of aromatic nitrogens is 2. The Labute approximate surface area is 126 Å². The molecule has 0 unspecified atom stereocenters. The molecule has 1 fully saturated rings. The number of halogens is 2. The lowest BCUT2D eigenvalue weighted by atomic mass is 10.2. The first kappa shape index (κ1) is 16.1. The molecule has 1 aromatic rings. The summed E-state index contributed by atoms with van der Waals surface area (Å²) in [4.78, 5) is 20.1. The topological polar surface area (TPSA) is 58.2 Å². The number of rotatable bonds is 3. The third-order valence-corrected chi connectivity index (χ3v) is 3.94. The maximum Gasteiger partial charge on any atom is 0.410 e. The molecule has 5 nitrogen and oxygen atoms in total. The van der Waals surface area contributed by atoms with Crippen molar-refractivity contribution in [2.75, 3.05) is 12.3 Å². The zero-order chi connectivity index (χ0) is 15.7. The third-order valence-electron chi connectivity index (χ3n) is 2.89. The molecular formula is C13H19F2N3O2S. The molecule has 1 N–H and O–H groups in total. The largest absolute Gasteiger partial charge is 0.444 e. The summed E-state index contributed by atoms with van der Waals surface area (Å²) in [5.41, 5.74) is -0.701. The average Bonchev–Trinajstić information content (AvgIpc) is 2.91. The van der Waals surface area contributed by atoms with Gasteiger partial charge in [0.25, 0.3) is 5.92 Å². The molecule has 0 radical (unpaired) electrons. The number of carbonyl (C=O) groups excluding carboxylic acids is 1. The van der Waals surface area contributed by atoms with Crippen molar-refractivity contribution in [3.8, 4) is 0 Å². The Morgan fingerprint density at radius 2 is 2.33 bits per heavy atom. The van der Waals surface area contributed by atoms with E-state index >= 15 is 0 Å². The van der Waals surface area contributed by atoms with Crippen molar-refractivity contribution in [1.29, 1.82) is 0 Å². The molecule has 8 heteroatoms. The van der Waals surface area contributed by atoms with Crippen LogP contribution in [0.5, 0.6) is 0 Å². The summed E-state index contributed by atoms with van der Waals surface area (Å²) < 4.78 is 32.4. The van der Waals surface area contributed by atoms with E-state index in [1.807, 2.05) is 0 Å². The summed E-state index contributed by atoms with van der Waals surface area (Å²) in [5, 5.41) is 0.648. The summed E-state index contributed by atoms with van der Waals surface area (Å²) >= 11 is 1.31. The van der Waals surface area contributed by atoms with Crippen molar-refractivity contribution in [3.63, 3.8) is 0 Å². The summed E-state index contributed by atoms with van der Waals surface area (Å²) in [5.74, 6) is -2.52. The quantitative estimate of drug-likeness (QED) is 0.870. The van der Waals surface area contributed by atoms with Gasteiger partial charge in [-0.2, -0.15) is 0 Å². The number of ether oxygens (including phenoxy) is 1. The molecule has 1 aliphatic heterocycles. The van der Waals surface area contributed by atoms with E-state index in [2.05, 4.69) is 9.97 Å². The van der Waals surface area contributed by atoms with Gasteiger partial charge in [-0.1, -0.05) is 11.8 Å².